The van der Waals surface area contributed by atoms with E-state index in [1.165, 1.54) is 0 Å². The van der Waals surface area contributed by atoms with E-state index in [0.717, 1.165) is 0 Å². The van der Waals surface area contributed by atoms with E-state index in [9.17, 15) is 4.79 Å². The fourth-order valence-corrected chi connectivity index (χ4v) is 1.80. The highest BCUT2D eigenvalue weighted by Crippen LogP contribution is 2.35. The SMILES string of the molecule is CC(C)Nc1c(Cl)c(Cl)nc(Cl)c1C(=O)O. The lowest BCUT2D eigenvalue weighted by Gasteiger charge is -2.15. The van der Waals surface area contributed by atoms with Gasteiger partial charge in [-0.3, -0.25) is 0 Å². The first-order chi connectivity index (χ1) is 7.34. The second-order valence-electron chi connectivity index (χ2n) is 3.36. The van der Waals surface area contributed by atoms with Gasteiger partial charge in [0.25, 0.3) is 0 Å². The molecule has 0 fully saturated rings. The van der Waals surface area contributed by atoms with E-state index in [2.05, 4.69) is 10.3 Å². The molecule has 1 rings (SSSR count). The van der Waals surface area contributed by atoms with Gasteiger partial charge in [-0.15, -0.1) is 0 Å². The third kappa shape index (κ3) is 2.70. The van der Waals surface area contributed by atoms with Gasteiger partial charge in [0.05, 0.1) is 5.69 Å². The molecule has 7 heteroatoms. The Morgan fingerprint density at radius 1 is 1.31 bits per heavy atom. The summed E-state index contributed by atoms with van der Waals surface area (Å²) in [5.74, 6) is -1.21. The van der Waals surface area contributed by atoms with Crippen LogP contribution in [0.2, 0.25) is 15.3 Å². The summed E-state index contributed by atoms with van der Waals surface area (Å²) in [6.45, 7) is 3.67. The first-order valence-corrected chi connectivity index (χ1v) is 5.52. The van der Waals surface area contributed by atoms with Gasteiger partial charge < -0.3 is 10.4 Å². The van der Waals surface area contributed by atoms with Crippen LogP contribution in [-0.4, -0.2) is 22.1 Å². The van der Waals surface area contributed by atoms with Crippen LogP contribution in [0.1, 0.15) is 24.2 Å². The van der Waals surface area contributed by atoms with E-state index in [4.69, 9.17) is 39.9 Å². The molecule has 0 aliphatic carbocycles. The molecule has 0 saturated carbocycles. The Labute approximate surface area is 108 Å². The summed E-state index contributed by atoms with van der Waals surface area (Å²) in [5.41, 5.74) is 0.0129. The van der Waals surface area contributed by atoms with Crippen LogP contribution in [0, 0.1) is 0 Å². The number of nitrogens with zero attached hydrogens (tertiary/aromatic N) is 1. The molecule has 0 saturated heterocycles. The van der Waals surface area contributed by atoms with Crippen LogP contribution in [0.15, 0.2) is 0 Å². The number of pyridine rings is 1. The van der Waals surface area contributed by atoms with Crippen LogP contribution < -0.4 is 5.32 Å². The van der Waals surface area contributed by atoms with Crippen molar-refractivity contribution < 1.29 is 9.90 Å². The average Bonchev–Trinajstić information content (AvgIpc) is 2.12. The number of carboxylic acid groups (broad SMARTS) is 1. The number of rotatable bonds is 3. The number of aromatic carboxylic acids is 1. The molecule has 0 aromatic carbocycles. The second kappa shape index (κ2) is 5.08. The van der Waals surface area contributed by atoms with Crippen molar-refractivity contribution in [2.24, 2.45) is 0 Å². The van der Waals surface area contributed by atoms with Gasteiger partial charge in [-0.25, -0.2) is 9.78 Å². The molecule has 1 aromatic heterocycles. The molecule has 4 nitrogen and oxygen atoms in total. The monoisotopic (exact) mass is 282 g/mol. The standard InChI is InChI=1S/C9H9Cl3N2O2/c1-3(2)13-6-4(9(15)16)7(11)14-8(12)5(6)10/h3H,1-2H3,(H,13,14)(H,15,16). The van der Waals surface area contributed by atoms with Gasteiger partial charge in [0.1, 0.15) is 15.7 Å². The second-order valence-corrected chi connectivity index (χ2v) is 4.46. The van der Waals surface area contributed by atoms with E-state index in [-0.39, 0.29) is 32.6 Å². The van der Waals surface area contributed by atoms with E-state index in [1.54, 1.807) is 0 Å². The normalized spacial score (nSPS) is 10.6. The minimum atomic E-state index is -1.21. The summed E-state index contributed by atoms with van der Waals surface area (Å²) in [6.07, 6.45) is 0. The van der Waals surface area contributed by atoms with Gasteiger partial charge in [0.15, 0.2) is 5.15 Å². The fourth-order valence-electron chi connectivity index (χ4n) is 1.13. The molecular weight excluding hydrogens is 274 g/mol. The lowest BCUT2D eigenvalue weighted by molar-refractivity contribution is 0.0697. The number of nitrogens with one attached hydrogen (secondary N) is 1. The summed E-state index contributed by atoms with van der Waals surface area (Å²) in [7, 11) is 0. The van der Waals surface area contributed by atoms with Crippen molar-refractivity contribution in [3.8, 4) is 0 Å². The Morgan fingerprint density at radius 3 is 2.31 bits per heavy atom. The van der Waals surface area contributed by atoms with Gasteiger partial charge in [-0.05, 0) is 13.8 Å². The van der Waals surface area contributed by atoms with Crippen molar-refractivity contribution in [2.75, 3.05) is 5.32 Å². The Balaban J connectivity index is 3.45. The Bertz CT molecular complexity index is 435. The molecule has 2 N–H and O–H groups in total. The predicted molar refractivity (Wildman–Crippen MR) is 65.0 cm³/mol. The molecule has 1 heterocycles. The van der Waals surface area contributed by atoms with Crippen molar-refractivity contribution in [3.63, 3.8) is 0 Å². The summed E-state index contributed by atoms with van der Waals surface area (Å²) >= 11 is 17.3. The maximum atomic E-state index is 11.0. The molecule has 0 atom stereocenters. The number of aromatic nitrogens is 1. The van der Waals surface area contributed by atoms with Crippen molar-refractivity contribution in [3.05, 3.63) is 20.9 Å². The number of carbonyl (C=O) groups is 1. The lowest BCUT2D eigenvalue weighted by atomic mass is 10.2. The number of carboxylic acids is 1. The highest BCUT2D eigenvalue weighted by molar-refractivity contribution is 6.45. The first kappa shape index (κ1) is 13.4. The van der Waals surface area contributed by atoms with Crippen molar-refractivity contribution in [2.45, 2.75) is 19.9 Å². The summed E-state index contributed by atoms with van der Waals surface area (Å²) in [4.78, 5) is 14.7. The minimum absolute atomic E-state index is 0.00914. The summed E-state index contributed by atoms with van der Waals surface area (Å²) in [5, 5.41) is 11.7. The highest BCUT2D eigenvalue weighted by Gasteiger charge is 2.22. The van der Waals surface area contributed by atoms with Crippen molar-refractivity contribution >= 4 is 46.5 Å². The Hall–Kier alpha value is -0.710. The average molecular weight is 284 g/mol. The van der Waals surface area contributed by atoms with Crippen LogP contribution in [-0.2, 0) is 0 Å². The van der Waals surface area contributed by atoms with Crippen molar-refractivity contribution in [1.82, 2.24) is 4.98 Å². The zero-order valence-corrected chi connectivity index (χ0v) is 10.8. The van der Waals surface area contributed by atoms with Gasteiger partial charge in [0, 0.05) is 6.04 Å². The summed E-state index contributed by atoms with van der Waals surface area (Å²) in [6, 6.07) is -0.00914. The molecule has 0 aliphatic heterocycles. The lowest BCUT2D eigenvalue weighted by Crippen LogP contribution is -2.15. The molecule has 0 bridgehead atoms. The Kier molecular flexibility index (Phi) is 4.24. The first-order valence-electron chi connectivity index (χ1n) is 4.39. The largest absolute Gasteiger partial charge is 0.478 e. The predicted octanol–water partition coefficient (Wildman–Crippen LogP) is 3.56. The Morgan fingerprint density at radius 2 is 1.88 bits per heavy atom. The smallest absolute Gasteiger partial charge is 0.341 e. The van der Waals surface area contributed by atoms with E-state index >= 15 is 0 Å². The quantitative estimate of drug-likeness (QED) is 0.833. The number of anilines is 1. The van der Waals surface area contributed by atoms with E-state index in [0.29, 0.717) is 0 Å². The molecule has 88 valence electrons. The van der Waals surface area contributed by atoms with E-state index in [1.807, 2.05) is 13.8 Å². The van der Waals surface area contributed by atoms with Gasteiger partial charge in [0.2, 0.25) is 0 Å². The van der Waals surface area contributed by atoms with Crippen LogP contribution in [0.4, 0.5) is 5.69 Å². The zero-order chi connectivity index (χ0) is 12.5. The molecule has 0 unspecified atom stereocenters. The maximum absolute atomic E-state index is 11.0. The number of halogens is 3. The molecule has 0 amide bonds. The number of hydrogen-bond acceptors (Lipinski definition) is 3. The van der Waals surface area contributed by atoms with Crippen LogP contribution in [0.3, 0.4) is 0 Å². The summed E-state index contributed by atoms with van der Waals surface area (Å²) < 4.78 is 0. The van der Waals surface area contributed by atoms with Crippen molar-refractivity contribution in [1.29, 1.82) is 0 Å². The third-order valence-electron chi connectivity index (χ3n) is 1.70. The topological polar surface area (TPSA) is 62.2 Å². The fraction of sp³-hybridized carbons (Fsp3) is 0.333. The minimum Gasteiger partial charge on any atom is -0.478 e. The van der Waals surface area contributed by atoms with Gasteiger partial charge >= 0.3 is 5.97 Å². The highest BCUT2D eigenvalue weighted by atomic mass is 35.5. The molecular formula is C9H9Cl3N2O2. The molecule has 0 radical (unpaired) electrons. The van der Waals surface area contributed by atoms with Gasteiger partial charge in [-0.1, -0.05) is 34.8 Å². The molecule has 0 spiro atoms. The van der Waals surface area contributed by atoms with Gasteiger partial charge in [-0.2, -0.15) is 0 Å². The maximum Gasteiger partial charge on any atom is 0.341 e. The molecule has 0 aliphatic rings. The van der Waals surface area contributed by atoms with E-state index < -0.39 is 5.97 Å². The van der Waals surface area contributed by atoms with Crippen LogP contribution in [0.5, 0.6) is 0 Å². The molecule has 16 heavy (non-hydrogen) atoms. The van der Waals surface area contributed by atoms with Crippen LogP contribution >= 0.6 is 34.8 Å². The van der Waals surface area contributed by atoms with Crippen LogP contribution in [0.25, 0.3) is 0 Å². The molecule has 1 aromatic rings. The zero-order valence-electron chi connectivity index (χ0n) is 8.51. The third-order valence-corrected chi connectivity index (χ3v) is 2.71. The number of hydrogen-bond donors (Lipinski definition) is 2.